The second kappa shape index (κ2) is 6.86. The first-order chi connectivity index (χ1) is 14.1. The molecule has 0 aliphatic heterocycles. The molecule has 4 aliphatic carbocycles. The Balaban J connectivity index is 1.54. The predicted molar refractivity (Wildman–Crippen MR) is 124 cm³/mol. The van der Waals surface area contributed by atoms with E-state index in [0.717, 1.165) is 35.5 Å². The van der Waals surface area contributed by atoms with Gasteiger partial charge in [-0.05, 0) is 120 Å². The summed E-state index contributed by atoms with van der Waals surface area (Å²) < 4.78 is 0. The summed E-state index contributed by atoms with van der Waals surface area (Å²) in [5, 5.41) is 3.21. The van der Waals surface area contributed by atoms with Gasteiger partial charge in [-0.3, -0.25) is 0 Å². The lowest BCUT2D eigenvalue weighted by Gasteiger charge is -2.44. The average Bonchev–Trinajstić information content (AvgIpc) is 2.74. The molecule has 0 radical (unpaired) electrons. The molecule has 1 unspecified atom stereocenters. The van der Waals surface area contributed by atoms with Crippen LogP contribution in [0.4, 0.5) is 0 Å². The van der Waals surface area contributed by atoms with Crippen molar-refractivity contribution in [1.82, 2.24) is 0 Å². The summed E-state index contributed by atoms with van der Waals surface area (Å²) in [6.45, 7) is 7.62. The van der Waals surface area contributed by atoms with Crippen molar-refractivity contribution < 1.29 is 0 Å². The molecule has 29 heavy (non-hydrogen) atoms. The third-order valence-electron chi connectivity index (χ3n) is 9.92. The Bertz CT molecular complexity index is 950. The van der Waals surface area contributed by atoms with Crippen molar-refractivity contribution in [3.63, 3.8) is 0 Å². The monoisotopic (exact) mass is 386 g/mol. The Morgan fingerprint density at radius 2 is 1.28 bits per heavy atom. The Morgan fingerprint density at radius 1 is 0.690 bits per heavy atom. The van der Waals surface area contributed by atoms with E-state index in [0.29, 0.717) is 0 Å². The van der Waals surface area contributed by atoms with Crippen LogP contribution in [0.2, 0.25) is 0 Å². The van der Waals surface area contributed by atoms with Gasteiger partial charge in [0.25, 0.3) is 0 Å². The van der Waals surface area contributed by atoms with E-state index in [4.69, 9.17) is 0 Å². The van der Waals surface area contributed by atoms with Gasteiger partial charge in [-0.1, -0.05) is 57.7 Å². The van der Waals surface area contributed by atoms with E-state index in [1.54, 1.807) is 38.6 Å². The van der Waals surface area contributed by atoms with E-state index >= 15 is 0 Å². The zero-order chi connectivity index (χ0) is 19.7. The third-order valence-corrected chi connectivity index (χ3v) is 9.92. The Labute approximate surface area is 177 Å². The molecule has 0 amide bonds. The molecule has 2 fully saturated rings. The summed E-state index contributed by atoms with van der Waals surface area (Å²) in [6, 6.07) is 7.62. The van der Waals surface area contributed by atoms with Gasteiger partial charge in [0.15, 0.2) is 0 Å². The van der Waals surface area contributed by atoms with Crippen LogP contribution in [0.15, 0.2) is 18.2 Å². The van der Waals surface area contributed by atoms with E-state index < -0.39 is 0 Å². The quantitative estimate of drug-likeness (QED) is 0.429. The molecule has 0 saturated heterocycles. The van der Waals surface area contributed by atoms with Crippen LogP contribution in [0.5, 0.6) is 0 Å². The van der Waals surface area contributed by atoms with Crippen LogP contribution >= 0.6 is 0 Å². The van der Waals surface area contributed by atoms with Crippen LogP contribution < -0.4 is 0 Å². The normalized spacial score (nSPS) is 36.1. The highest BCUT2D eigenvalue weighted by Crippen LogP contribution is 2.52. The van der Waals surface area contributed by atoms with Crippen LogP contribution in [0.25, 0.3) is 10.8 Å². The molecular weight excluding hydrogens is 348 g/mol. The van der Waals surface area contributed by atoms with E-state index in [-0.39, 0.29) is 0 Å². The summed E-state index contributed by atoms with van der Waals surface area (Å²) >= 11 is 0. The van der Waals surface area contributed by atoms with Crippen LogP contribution in [0.3, 0.4) is 0 Å². The van der Waals surface area contributed by atoms with Crippen molar-refractivity contribution in [3.05, 3.63) is 46.0 Å². The highest BCUT2D eigenvalue weighted by Gasteiger charge is 2.39. The van der Waals surface area contributed by atoms with Gasteiger partial charge in [0.1, 0.15) is 0 Å². The minimum Gasteiger partial charge on any atom is -0.0581 e. The molecule has 6 rings (SSSR count). The lowest BCUT2D eigenvalue weighted by Crippen LogP contribution is -2.32. The molecule has 4 aliphatic rings. The zero-order valence-corrected chi connectivity index (χ0v) is 18.8. The number of benzene rings is 2. The van der Waals surface area contributed by atoms with Crippen LogP contribution in [0.1, 0.15) is 105 Å². The molecule has 0 N–H and O–H groups in total. The Morgan fingerprint density at radius 3 is 1.97 bits per heavy atom. The van der Waals surface area contributed by atoms with Gasteiger partial charge in [-0.15, -0.1) is 0 Å². The minimum atomic E-state index is 0.742. The third kappa shape index (κ3) is 2.70. The fourth-order valence-electron chi connectivity index (χ4n) is 8.65. The van der Waals surface area contributed by atoms with Crippen molar-refractivity contribution in [2.75, 3.05) is 0 Å². The Hall–Kier alpha value is -1.30. The summed E-state index contributed by atoms with van der Waals surface area (Å²) in [7, 11) is 0. The topological polar surface area (TPSA) is 0 Å². The van der Waals surface area contributed by atoms with Gasteiger partial charge in [-0.2, -0.15) is 0 Å². The number of aryl methyl sites for hydroxylation is 1. The van der Waals surface area contributed by atoms with Crippen molar-refractivity contribution in [3.8, 4) is 0 Å². The van der Waals surface area contributed by atoms with E-state index in [2.05, 4.69) is 39.0 Å². The smallest absolute Gasteiger partial charge is 0.0114 e. The fourth-order valence-corrected chi connectivity index (χ4v) is 8.65. The summed E-state index contributed by atoms with van der Waals surface area (Å²) in [5.41, 5.74) is 8.56. The molecule has 0 nitrogen and oxygen atoms in total. The highest BCUT2D eigenvalue weighted by molar-refractivity contribution is 5.92. The van der Waals surface area contributed by atoms with Gasteiger partial charge in [-0.25, -0.2) is 0 Å². The first kappa shape index (κ1) is 18.5. The van der Waals surface area contributed by atoms with Gasteiger partial charge < -0.3 is 0 Å². The average molecular weight is 387 g/mol. The molecular formula is C29H38. The minimum absolute atomic E-state index is 0.742. The molecule has 154 valence electrons. The van der Waals surface area contributed by atoms with Gasteiger partial charge in [0.05, 0.1) is 0 Å². The van der Waals surface area contributed by atoms with E-state index in [1.807, 2.05) is 0 Å². The van der Waals surface area contributed by atoms with Gasteiger partial charge in [0, 0.05) is 0 Å². The predicted octanol–water partition coefficient (Wildman–Crippen LogP) is 8.08. The second-order valence-electron chi connectivity index (χ2n) is 11.2. The van der Waals surface area contributed by atoms with Crippen molar-refractivity contribution in [1.29, 1.82) is 0 Å². The SMILES string of the molecule is Cc1c2c(cc3ccc4c(c13)C(C)[C@@H]1CCCC[C@@H]1C4)C[C@@H]1CCCC[C@@H]1[C@@H]2C. The van der Waals surface area contributed by atoms with Crippen LogP contribution in [-0.2, 0) is 12.8 Å². The first-order valence-electron chi connectivity index (χ1n) is 12.7. The maximum atomic E-state index is 2.62. The summed E-state index contributed by atoms with van der Waals surface area (Å²) in [6.07, 6.45) is 14.4. The second-order valence-corrected chi connectivity index (χ2v) is 11.2. The molecule has 2 aromatic carbocycles. The molecule has 0 heterocycles. The van der Waals surface area contributed by atoms with Crippen molar-refractivity contribution in [2.24, 2.45) is 23.7 Å². The van der Waals surface area contributed by atoms with Crippen molar-refractivity contribution in [2.45, 2.75) is 96.8 Å². The van der Waals surface area contributed by atoms with E-state index in [9.17, 15) is 0 Å². The van der Waals surface area contributed by atoms with Gasteiger partial charge in [0.2, 0.25) is 0 Å². The summed E-state index contributed by atoms with van der Waals surface area (Å²) in [4.78, 5) is 0. The zero-order valence-electron chi connectivity index (χ0n) is 18.8. The highest BCUT2D eigenvalue weighted by atomic mass is 14.4. The molecule has 0 bridgehead atoms. The lowest BCUT2D eigenvalue weighted by atomic mass is 9.61. The number of hydrogen-bond acceptors (Lipinski definition) is 0. The van der Waals surface area contributed by atoms with Gasteiger partial charge >= 0.3 is 0 Å². The first-order valence-corrected chi connectivity index (χ1v) is 12.7. The molecule has 2 aromatic rings. The van der Waals surface area contributed by atoms with Crippen LogP contribution in [0, 0.1) is 30.6 Å². The molecule has 2 saturated carbocycles. The molecule has 0 aromatic heterocycles. The maximum absolute atomic E-state index is 2.62. The summed E-state index contributed by atoms with van der Waals surface area (Å²) in [5.74, 6) is 5.26. The number of rotatable bonds is 0. The Kier molecular flexibility index (Phi) is 4.37. The van der Waals surface area contributed by atoms with Crippen molar-refractivity contribution >= 4 is 10.8 Å². The largest absolute Gasteiger partial charge is 0.0581 e. The molecule has 0 heteroatoms. The standard InChI is InChI=1S/C29H38/c1-17-25-10-6-5-9-21(25)15-24-16-23-13-12-22-14-20-8-4-7-11-26(20)18(2)28(22)29(23)19(3)27(17)24/h12-13,16-18,20-21,25-26H,4-11,14-15H2,1-3H3/t17-,18?,20+,21-,25+,26-/m0/s1. The molecule has 0 spiro atoms. The fraction of sp³-hybridized carbons (Fsp3) is 0.655. The number of hydrogen-bond donors (Lipinski definition) is 0. The van der Waals surface area contributed by atoms with E-state index in [1.165, 1.54) is 64.2 Å². The maximum Gasteiger partial charge on any atom is -0.0114 e. The lowest BCUT2D eigenvalue weighted by molar-refractivity contribution is 0.190. The molecule has 6 atom stereocenters. The van der Waals surface area contributed by atoms with Crippen LogP contribution in [-0.4, -0.2) is 0 Å². The number of fused-ring (bicyclic) bond motifs is 6.